The summed E-state index contributed by atoms with van der Waals surface area (Å²) in [6, 6.07) is 11.7. The van der Waals surface area contributed by atoms with Crippen LogP contribution in [0.15, 0.2) is 42.5 Å². The lowest BCUT2D eigenvalue weighted by atomic mass is 10.1. The van der Waals surface area contributed by atoms with Crippen LogP contribution < -0.4 is 5.32 Å². The van der Waals surface area contributed by atoms with Crippen LogP contribution in [-0.2, 0) is 11.2 Å². The monoisotopic (exact) mass is 389 g/mol. The van der Waals surface area contributed by atoms with Crippen LogP contribution in [0.5, 0.6) is 0 Å². The molecule has 2 aromatic carbocycles. The Labute approximate surface area is 129 Å². The zero-order valence-electron chi connectivity index (χ0n) is 9.79. The van der Waals surface area contributed by atoms with Gasteiger partial charge in [0.15, 0.2) is 0 Å². The maximum absolute atomic E-state index is 13.5. The SMILES string of the molecule is O=C(Cc1c(F)cccc1Cl)Nc1cccc(I)c1. The molecule has 0 aromatic heterocycles. The van der Waals surface area contributed by atoms with Crippen LogP contribution in [0.25, 0.3) is 0 Å². The number of benzene rings is 2. The second-order valence-corrected chi connectivity index (χ2v) is 5.59. The number of carbonyl (C=O) groups is 1. The Bertz CT molecular complexity index is 598. The van der Waals surface area contributed by atoms with Gasteiger partial charge in [0, 0.05) is 19.8 Å². The molecular formula is C14H10ClFINO. The zero-order valence-corrected chi connectivity index (χ0v) is 12.7. The van der Waals surface area contributed by atoms with Crippen molar-refractivity contribution in [2.24, 2.45) is 0 Å². The molecule has 1 N–H and O–H groups in total. The number of halogens is 3. The van der Waals surface area contributed by atoms with E-state index < -0.39 is 5.82 Å². The minimum atomic E-state index is -0.467. The van der Waals surface area contributed by atoms with Crippen molar-refractivity contribution in [2.75, 3.05) is 5.32 Å². The molecule has 5 heteroatoms. The first-order valence-electron chi connectivity index (χ1n) is 5.54. The fourth-order valence-corrected chi connectivity index (χ4v) is 2.41. The van der Waals surface area contributed by atoms with E-state index in [1.54, 1.807) is 12.1 Å². The predicted octanol–water partition coefficient (Wildman–Crippen LogP) is 4.26. The lowest BCUT2D eigenvalue weighted by molar-refractivity contribution is -0.115. The van der Waals surface area contributed by atoms with Crippen LogP contribution >= 0.6 is 34.2 Å². The van der Waals surface area contributed by atoms with Crippen molar-refractivity contribution < 1.29 is 9.18 Å². The number of hydrogen-bond acceptors (Lipinski definition) is 1. The van der Waals surface area contributed by atoms with Crippen LogP contribution in [0.3, 0.4) is 0 Å². The van der Waals surface area contributed by atoms with E-state index in [2.05, 4.69) is 27.9 Å². The number of amides is 1. The molecule has 0 bridgehead atoms. The van der Waals surface area contributed by atoms with Gasteiger partial charge in [0.1, 0.15) is 5.82 Å². The van der Waals surface area contributed by atoms with E-state index in [1.807, 2.05) is 18.2 Å². The molecule has 2 rings (SSSR count). The van der Waals surface area contributed by atoms with Crippen molar-refractivity contribution in [2.45, 2.75) is 6.42 Å². The van der Waals surface area contributed by atoms with Gasteiger partial charge >= 0.3 is 0 Å². The normalized spacial score (nSPS) is 10.3. The third kappa shape index (κ3) is 3.91. The highest BCUT2D eigenvalue weighted by molar-refractivity contribution is 14.1. The Morgan fingerprint density at radius 1 is 1.26 bits per heavy atom. The molecule has 0 aliphatic heterocycles. The third-order valence-electron chi connectivity index (χ3n) is 2.51. The topological polar surface area (TPSA) is 29.1 Å². The quantitative estimate of drug-likeness (QED) is 0.781. The average Bonchev–Trinajstić information content (AvgIpc) is 2.34. The Hall–Kier alpha value is -1.14. The maximum atomic E-state index is 13.5. The standard InChI is InChI=1S/C14H10ClFINO/c15-12-5-2-6-13(16)11(12)8-14(19)18-10-4-1-3-9(17)7-10/h1-7H,8H2,(H,18,19). The lowest BCUT2D eigenvalue weighted by Crippen LogP contribution is -2.15. The maximum Gasteiger partial charge on any atom is 0.228 e. The van der Waals surface area contributed by atoms with Crippen LogP contribution in [0.2, 0.25) is 5.02 Å². The molecule has 0 radical (unpaired) electrons. The van der Waals surface area contributed by atoms with Crippen LogP contribution in [0.4, 0.5) is 10.1 Å². The predicted molar refractivity (Wildman–Crippen MR) is 82.9 cm³/mol. The minimum Gasteiger partial charge on any atom is -0.326 e. The number of carbonyl (C=O) groups excluding carboxylic acids is 1. The molecule has 0 fully saturated rings. The van der Waals surface area contributed by atoms with Crippen molar-refractivity contribution in [3.05, 3.63) is 62.4 Å². The molecule has 0 aliphatic rings. The minimum absolute atomic E-state index is 0.0863. The van der Waals surface area contributed by atoms with Gasteiger partial charge in [0.25, 0.3) is 0 Å². The summed E-state index contributed by atoms with van der Waals surface area (Å²) in [6.07, 6.45) is -0.0863. The summed E-state index contributed by atoms with van der Waals surface area (Å²) in [4.78, 5) is 11.9. The van der Waals surface area contributed by atoms with Gasteiger partial charge in [0.2, 0.25) is 5.91 Å². The van der Waals surface area contributed by atoms with Crippen molar-refractivity contribution in [3.63, 3.8) is 0 Å². The van der Waals surface area contributed by atoms with E-state index in [1.165, 1.54) is 12.1 Å². The Balaban J connectivity index is 2.10. The molecule has 1 amide bonds. The lowest BCUT2D eigenvalue weighted by Gasteiger charge is -2.07. The Morgan fingerprint density at radius 3 is 2.68 bits per heavy atom. The van der Waals surface area contributed by atoms with Gasteiger partial charge in [0.05, 0.1) is 6.42 Å². The molecule has 0 saturated carbocycles. The first-order valence-corrected chi connectivity index (χ1v) is 7.00. The van der Waals surface area contributed by atoms with E-state index in [0.717, 1.165) is 3.57 Å². The molecule has 0 atom stereocenters. The fraction of sp³-hybridized carbons (Fsp3) is 0.0714. The molecule has 0 unspecified atom stereocenters. The zero-order chi connectivity index (χ0) is 13.8. The van der Waals surface area contributed by atoms with Crippen molar-refractivity contribution >= 4 is 45.8 Å². The van der Waals surface area contributed by atoms with E-state index in [9.17, 15) is 9.18 Å². The molecule has 0 heterocycles. The molecule has 0 spiro atoms. The van der Waals surface area contributed by atoms with Crippen molar-refractivity contribution in [3.8, 4) is 0 Å². The first-order chi connectivity index (χ1) is 9.06. The van der Waals surface area contributed by atoms with E-state index in [0.29, 0.717) is 5.69 Å². The summed E-state index contributed by atoms with van der Waals surface area (Å²) < 4.78 is 14.6. The third-order valence-corrected chi connectivity index (χ3v) is 3.53. The van der Waals surface area contributed by atoms with Gasteiger partial charge in [-0.1, -0.05) is 23.7 Å². The highest BCUT2D eigenvalue weighted by Gasteiger charge is 2.12. The van der Waals surface area contributed by atoms with Gasteiger partial charge in [-0.3, -0.25) is 4.79 Å². The average molecular weight is 390 g/mol. The first kappa shape index (κ1) is 14.3. The van der Waals surface area contributed by atoms with Crippen LogP contribution in [-0.4, -0.2) is 5.91 Å². The highest BCUT2D eigenvalue weighted by Crippen LogP contribution is 2.20. The summed E-state index contributed by atoms with van der Waals surface area (Å²) in [7, 11) is 0. The smallest absolute Gasteiger partial charge is 0.228 e. The van der Waals surface area contributed by atoms with Gasteiger partial charge in [-0.2, -0.15) is 0 Å². The summed E-state index contributed by atoms with van der Waals surface area (Å²) >= 11 is 8.03. The summed E-state index contributed by atoms with van der Waals surface area (Å²) in [5.41, 5.74) is 0.900. The highest BCUT2D eigenvalue weighted by atomic mass is 127. The molecule has 98 valence electrons. The van der Waals surface area contributed by atoms with Gasteiger partial charge in [-0.25, -0.2) is 4.39 Å². The largest absolute Gasteiger partial charge is 0.326 e. The molecule has 0 aliphatic carbocycles. The second-order valence-electron chi connectivity index (χ2n) is 3.94. The van der Waals surface area contributed by atoms with E-state index in [-0.39, 0.29) is 22.9 Å². The number of hydrogen-bond donors (Lipinski definition) is 1. The van der Waals surface area contributed by atoms with Crippen molar-refractivity contribution in [1.82, 2.24) is 0 Å². The van der Waals surface area contributed by atoms with Crippen LogP contribution in [0, 0.1) is 9.39 Å². The van der Waals surface area contributed by atoms with Gasteiger partial charge in [-0.15, -0.1) is 0 Å². The van der Waals surface area contributed by atoms with E-state index in [4.69, 9.17) is 11.6 Å². The summed E-state index contributed by atoms with van der Waals surface area (Å²) in [6.45, 7) is 0. The van der Waals surface area contributed by atoms with E-state index >= 15 is 0 Å². The fourth-order valence-electron chi connectivity index (χ4n) is 1.63. The number of nitrogens with one attached hydrogen (secondary N) is 1. The summed E-state index contributed by atoms with van der Waals surface area (Å²) in [5, 5.41) is 2.98. The second kappa shape index (κ2) is 6.34. The van der Waals surface area contributed by atoms with Crippen molar-refractivity contribution in [1.29, 1.82) is 0 Å². The van der Waals surface area contributed by atoms with Crippen LogP contribution in [0.1, 0.15) is 5.56 Å². The molecule has 19 heavy (non-hydrogen) atoms. The number of anilines is 1. The summed E-state index contributed by atoms with van der Waals surface area (Å²) in [5.74, 6) is -0.765. The number of rotatable bonds is 3. The molecule has 2 aromatic rings. The van der Waals surface area contributed by atoms with Gasteiger partial charge < -0.3 is 5.32 Å². The molecular weight excluding hydrogens is 380 g/mol. The molecule has 0 saturated heterocycles. The van der Waals surface area contributed by atoms with Gasteiger partial charge in [-0.05, 0) is 52.9 Å². The molecule has 2 nitrogen and oxygen atoms in total. The Kier molecular flexibility index (Phi) is 4.76. The Morgan fingerprint density at radius 2 is 2.00 bits per heavy atom.